The van der Waals surface area contributed by atoms with Gasteiger partial charge < -0.3 is 15.5 Å². The molecule has 2 aromatic carbocycles. The van der Waals surface area contributed by atoms with Crippen LogP contribution < -0.4 is 5.32 Å². The van der Waals surface area contributed by atoms with Gasteiger partial charge in [0.1, 0.15) is 17.1 Å². The normalized spacial score (nSPS) is 11.9. The molecule has 2 rings (SSSR count). The van der Waals surface area contributed by atoms with Crippen LogP contribution in [0.1, 0.15) is 28.9 Å². The molecule has 0 aliphatic rings. The number of amides is 1. The van der Waals surface area contributed by atoms with Crippen molar-refractivity contribution in [2.75, 3.05) is 0 Å². The number of carbonyl (C=O) groups is 1. The highest BCUT2D eigenvalue weighted by Crippen LogP contribution is 2.28. The predicted molar refractivity (Wildman–Crippen MR) is 77.1 cm³/mol. The van der Waals surface area contributed by atoms with Crippen molar-refractivity contribution in [3.8, 4) is 11.5 Å². The summed E-state index contributed by atoms with van der Waals surface area (Å²) in [4.78, 5) is 12.1. The van der Waals surface area contributed by atoms with Crippen molar-refractivity contribution in [1.82, 2.24) is 5.32 Å². The maximum Gasteiger partial charge on any atom is 0.259 e. The molecule has 1 unspecified atom stereocenters. The molecule has 0 saturated heterocycles. The van der Waals surface area contributed by atoms with E-state index in [4.69, 9.17) is 11.6 Å². The number of phenols is 2. The van der Waals surface area contributed by atoms with E-state index in [1.165, 1.54) is 18.2 Å². The maximum atomic E-state index is 12.1. The van der Waals surface area contributed by atoms with Gasteiger partial charge >= 0.3 is 0 Å². The topological polar surface area (TPSA) is 69.6 Å². The lowest BCUT2D eigenvalue weighted by Gasteiger charge is -2.16. The summed E-state index contributed by atoms with van der Waals surface area (Å²) >= 11 is 6.06. The van der Waals surface area contributed by atoms with E-state index in [0.29, 0.717) is 5.02 Å². The number of phenolic OH excluding ortho intramolecular Hbond substituents is 2. The molecule has 0 aromatic heterocycles. The predicted octanol–water partition coefficient (Wildman–Crippen LogP) is 3.24. The van der Waals surface area contributed by atoms with Gasteiger partial charge in [-0.1, -0.05) is 35.9 Å². The molecule has 104 valence electrons. The van der Waals surface area contributed by atoms with Crippen molar-refractivity contribution in [2.24, 2.45) is 0 Å². The van der Waals surface area contributed by atoms with Crippen LogP contribution in [0.5, 0.6) is 11.5 Å². The summed E-state index contributed by atoms with van der Waals surface area (Å²) in [5.41, 5.74) is 0.615. The van der Waals surface area contributed by atoms with Gasteiger partial charge in [0, 0.05) is 5.02 Å². The summed E-state index contributed by atoms with van der Waals surface area (Å²) in [6, 6.07) is 10.9. The first-order valence-corrected chi connectivity index (χ1v) is 6.44. The number of nitrogens with one attached hydrogen (secondary N) is 1. The SMILES string of the molecule is CC(NC(=O)c1c(O)cccc1O)c1ccccc1Cl. The van der Waals surface area contributed by atoms with Gasteiger partial charge in [0.15, 0.2) is 0 Å². The highest BCUT2D eigenvalue weighted by atomic mass is 35.5. The Hall–Kier alpha value is -2.20. The second-order valence-corrected chi connectivity index (χ2v) is 4.80. The Labute approximate surface area is 121 Å². The maximum absolute atomic E-state index is 12.1. The van der Waals surface area contributed by atoms with E-state index in [0.717, 1.165) is 5.56 Å². The zero-order valence-corrected chi connectivity index (χ0v) is 11.6. The molecule has 1 amide bonds. The smallest absolute Gasteiger partial charge is 0.259 e. The summed E-state index contributed by atoms with van der Waals surface area (Å²) in [5.74, 6) is -1.10. The fourth-order valence-corrected chi connectivity index (χ4v) is 2.23. The van der Waals surface area contributed by atoms with Crippen LogP contribution in [-0.2, 0) is 0 Å². The first-order chi connectivity index (χ1) is 9.50. The number of carbonyl (C=O) groups excluding carboxylic acids is 1. The molecule has 0 aliphatic carbocycles. The van der Waals surface area contributed by atoms with E-state index in [2.05, 4.69) is 5.32 Å². The highest BCUT2D eigenvalue weighted by Gasteiger charge is 2.19. The Bertz CT molecular complexity index is 623. The lowest BCUT2D eigenvalue weighted by Crippen LogP contribution is -2.27. The van der Waals surface area contributed by atoms with E-state index in [9.17, 15) is 15.0 Å². The molecular formula is C15H14ClNO3. The number of hydrogen-bond acceptors (Lipinski definition) is 3. The Balaban J connectivity index is 2.22. The third-order valence-corrected chi connectivity index (χ3v) is 3.31. The Morgan fingerprint density at radius 1 is 1.10 bits per heavy atom. The summed E-state index contributed by atoms with van der Waals surface area (Å²) < 4.78 is 0. The summed E-state index contributed by atoms with van der Waals surface area (Å²) in [5, 5.41) is 22.5. The minimum absolute atomic E-state index is 0.147. The van der Waals surface area contributed by atoms with Crippen LogP contribution in [0.2, 0.25) is 5.02 Å². The Morgan fingerprint density at radius 2 is 1.70 bits per heavy atom. The van der Waals surface area contributed by atoms with Gasteiger partial charge in [0.25, 0.3) is 5.91 Å². The Morgan fingerprint density at radius 3 is 2.30 bits per heavy atom. The molecule has 5 heteroatoms. The Kier molecular flexibility index (Phi) is 4.15. The van der Waals surface area contributed by atoms with Crippen LogP contribution in [0, 0.1) is 0 Å². The van der Waals surface area contributed by atoms with Gasteiger partial charge in [-0.25, -0.2) is 0 Å². The third kappa shape index (κ3) is 2.86. The fourth-order valence-electron chi connectivity index (χ4n) is 1.93. The summed E-state index contributed by atoms with van der Waals surface area (Å²) in [6.07, 6.45) is 0. The first kappa shape index (κ1) is 14.2. The molecule has 0 heterocycles. The number of benzene rings is 2. The fraction of sp³-hybridized carbons (Fsp3) is 0.133. The van der Waals surface area contributed by atoms with Crippen LogP contribution in [0.25, 0.3) is 0 Å². The lowest BCUT2D eigenvalue weighted by molar-refractivity contribution is 0.0934. The quantitative estimate of drug-likeness (QED) is 0.813. The second-order valence-electron chi connectivity index (χ2n) is 4.39. The molecule has 0 radical (unpaired) electrons. The zero-order chi connectivity index (χ0) is 14.7. The second kappa shape index (κ2) is 5.84. The van der Waals surface area contributed by atoms with Crippen LogP contribution in [0.4, 0.5) is 0 Å². The molecule has 3 N–H and O–H groups in total. The van der Waals surface area contributed by atoms with Crippen molar-refractivity contribution in [3.05, 3.63) is 58.6 Å². The van der Waals surface area contributed by atoms with Crippen LogP contribution in [0.3, 0.4) is 0 Å². The summed E-state index contributed by atoms with van der Waals surface area (Å²) in [7, 11) is 0. The van der Waals surface area contributed by atoms with Crippen molar-refractivity contribution in [2.45, 2.75) is 13.0 Å². The number of rotatable bonds is 3. The van der Waals surface area contributed by atoms with Crippen molar-refractivity contribution in [1.29, 1.82) is 0 Å². The standard InChI is InChI=1S/C15H14ClNO3/c1-9(10-5-2-3-6-11(10)16)17-15(20)14-12(18)7-4-8-13(14)19/h2-9,18-19H,1H3,(H,17,20). The monoisotopic (exact) mass is 291 g/mol. The molecule has 1 atom stereocenters. The summed E-state index contributed by atoms with van der Waals surface area (Å²) in [6.45, 7) is 1.77. The molecule has 0 saturated carbocycles. The third-order valence-electron chi connectivity index (χ3n) is 2.97. The van der Waals surface area contributed by atoms with Gasteiger partial charge in [0.05, 0.1) is 6.04 Å². The molecule has 0 fully saturated rings. The number of hydrogen-bond donors (Lipinski definition) is 3. The van der Waals surface area contributed by atoms with E-state index in [1.807, 2.05) is 6.07 Å². The van der Waals surface area contributed by atoms with E-state index >= 15 is 0 Å². The molecule has 2 aromatic rings. The minimum Gasteiger partial charge on any atom is -0.507 e. The van der Waals surface area contributed by atoms with E-state index in [-0.39, 0.29) is 23.1 Å². The molecule has 0 bridgehead atoms. The van der Waals surface area contributed by atoms with Gasteiger partial charge in [-0.05, 0) is 30.7 Å². The number of halogens is 1. The highest BCUT2D eigenvalue weighted by molar-refractivity contribution is 6.31. The average Bonchev–Trinajstić information content (AvgIpc) is 2.38. The zero-order valence-electron chi connectivity index (χ0n) is 10.8. The van der Waals surface area contributed by atoms with E-state index < -0.39 is 5.91 Å². The van der Waals surface area contributed by atoms with Crippen LogP contribution in [-0.4, -0.2) is 16.1 Å². The van der Waals surface area contributed by atoms with Gasteiger partial charge in [-0.15, -0.1) is 0 Å². The van der Waals surface area contributed by atoms with Crippen LogP contribution >= 0.6 is 11.6 Å². The van der Waals surface area contributed by atoms with Gasteiger partial charge in [0.2, 0.25) is 0 Å². The van der Waals surface area contributed by atoms with Crippen molar-refractivity contribution in [3.63, 3.8) is 0 Å². The van der Waals surface area contributed by atoms with Gasteiger partial charge in [-0.3, -0.25) is 4.79 Å². The van der Waals surface area contributed by atoms with Gasteiger partial charge in [-0.2, -0.15) is 0 Å². The molecule has 0 spiro atoms. The molecular weight excluding hydrogens is 278 g/mol. The van der Waals surface area contributed by atoms with Crippen molar-refractivity contribution < 1.29 is 15.0 Å². The van der Waals surface area contributed by atoms with E-state index in [1.54, 1.807) is 25.1 Å². The molecule has 0 aliphatic heterocycles. The first-order valence-electron chi connectivity index (χ1n) is 6.07. The molecule has 4 nitrogen and oxygen atoms in total. The van der Waals surface area contributed by atoms with Crippen molar-refractivity contribution >= 4 is 17.5 Å². The lowest BCUT2D eigenvalue weighted by atomic mass is 10.1. The largest absolute Gasteiger partial charge is 0.507 e. The van der Waals surface area contributed by atoms with Crippen LogP contribution in [0.15, 0.2) is 42.5 Å². The minimum atomic E-state index is -0.562. The molecule has 20 heavy (non-hydrogen) atoms. The average molecular weight is 292 g/mol. The number of aromatic hydroxyl groups is 2.